The molecule has 2 atom stereocenters. The molecule has 2 heterocycles. The fourth-order valence-electron chi connectivity index (χ4n) is 2.48. The Balaban J connectivity index is 1.89. The Morgan fingerprint density at radius 2 is 2.33 bits per heavy atom. The van der Waals surface area contributed by atoms with Crippen LogP contribution < -0.4 is 5.73 Å². The minimum absolute atomic E-state index is 0.0144. The monoisotopic (exact) mass is 295 g/mol. The van der Waals surface area contributed by atoms with Crippen LogP contribution in [0.4, 0.5) is 0 Å². The van der Waals surface area contributed by atoms with Gasteiger partial charge in [0, 0.05) is 25.7 Å². The van der Waals surface area contributed by atoms with E-state index in [0.717, 1.165) is 25.9 Å². The number of amides is 1. The van der Waals surface area contributed by atoms with Gasteiger partial charge in [0.15, 0.2) is 0 Å². The van der Waals surface area contributed by atoms with Crippen molar-refractivity contribution in [3.05, 3.63) is 11.9 Å². The van der Waals surface area contributed by atoms with E-state index in [2.05, 4.69) is 17.2 Å². The molecule has 1 aliphatic rings. The smallest absolute Gasteiger partial charge is 0.320 e. The van der Waals surface area contributed by atoms with Gasteiger partial charge in [-0.1, -0.05) is 12.1 Å². The molecule has 0 aliphatic carbocycles. The number of aliphatic carboxylic acids is 1. The van der Waals surface area contributed by atoms with E-state index in [-0.39, 0.29) is 18.9 Å². The second kappa shape index (κ2) is 6.66. The average molecular weight is 295 g/mol. The molecule has 116 valence electrons. The highest BCUT2D eigenvalue weighted by atomic mass is 16.4. The number of carboxylic acids is 1. The van der Waals surface area contributed by atoms with E-state index in [4.69, 9.17) is 10.8 Å². The molecule has 1 aliphatic heterocycles. The van der Waals surface area contributed by atoms with Crippen molar-refractivity contribution in [2.75, 3.05) is 13.1 Å². The Morgan fingerprint density at radius 1 is 1.57 bits per heavy atom. The highest BCUT2D eigenvalue weighted by Crippen LogP contribution is 2.15. The summed E-state index contributed by atoms with van der Waals surface area (Å²) in [6.07, 6.45) is 3.87. The molecule has 2 rings (SSSR count). The molecule has 0 radical (unpaired) electrons. The number of hydrogen-bond acceptors (Lipinski definition) is 5. The maximum absolute atomic E-state index is 12.2. The number of likely N-dealkylation sites (tertiary alicyclic amines) is 1. The van der Waals surface area contributed by atoms with Gasteiger partial charge < -0.3 is 15.7 Å². The van der Waals surface area contributed by atoms with E-state index < -0.39 is 12.0 Å². The number of nitrogens with zero attached hydrogens (tertiary/aromatic N) is 4. The molecule has 0 spiro atoms. The molecule has 0 saturated carbocycles. The third-order valence-electron chi connectivity index (χ3n) is 3.64. The summed E-state index contributed by atoms with van der Waals surface area (Å²) in [6, 6.07) is -1.01. The second-order valence-electron chi connectivity index (χ2n) is 5.64. The van der Waals surface area contributed by atoms with Crippen molar-refractivity contribution in [3.8, 4) is 0 Å². The van der Waals surface area contributed by atoms with Gasteiger partial charge in [0.25, 0.3) is 0 Å². The number of hydrogen-bond donors (Lipinski definition) is 2. The van der Waals surface area contributed by atoms with Gasteiger partial charge in [0.2, 0.25) is 5.91 Å². The summed E-state index contributed by atoms with van der Waals surface area (Å²) >= 11 is 0. The van der Waals surface area contributed by atoms with E-state index in [9.17, 15) is 9.59 Å². The number of carbonyl (C=O) groups excluding carboxylic acids is 1. The first kappa shape index (κ1) is 15.4. The largest absolute Gasteiger partial charge is 0.480 e. The Labute approximate surface area is 122 Å². The van der Waals surface area contributed by atoms with E-state index in [1.54, 1.807) is 6.20 Å². The lowest BCUT2D eigenvalue weighted by Crippen LogP contribution is -2.40. The van der Waals surface area contributed by atoms with Crippen molar-refractivity contribution in [2.24, 2.45) is 11.7 Å². The molecule has 1 aromatic heterocycles. The zero-order valence-corrected chi connectivity index (χ0v) is 12.1. The van der Waals surface area contributed by atoms with Crippen LogP contribution in [0, 0.1) is 5.92 Å². The van der Waals surface area contributed by atoms with Crippen LogP contribution in [0.2, 0.25) is 0 Å². The third kappa shape index (κ3) is 4.25. The Bertz CT molecular complexity index is 516. The molecule has 8 heteroatoms. The van der Waals surface area contributed by atoms with Crippen molar-refractivity contribution in [1.29, 1.82) is 0 Å². The lowest BCUT2D eigenvalue weighted by atomic mass is 10.0. The Morgan fingerprint density at radius 3 is 3.00 bits per heavy atom. The molecule has 2 unspecified atom stereocenters. The van der Waals surface area contributed by atoms with Crippen LogP contribution in [0.1, 0.15) is 25.5 Å². The van der Waals surface area contributed by atoms with Crippen molar-refractivity contribution in [1.82, 2.24) is 19.9 Å². The summed E-state index contributed by atoms with van der Waals surface area (Å²) in [5.41, 5.74) is 5.92. The van der Waals surface area contributed by atoms with Gasteiger partial charge in [0.05, 0.1) is 5.69 Å². The molecule has 1 saturated heterocycles. The molecule has 8 nitrogen and oxygen atoms in total. The van der Waals surface area contributed by atoms with E-state index in [0.29, 0.717) is 11.6 Å². The number of rotatable bonds is 5. The van der Waals surface area contributed by atoms with Crippen LogP contribution in [0.15, 0.2) is 6.20 Å². The summed E-state index contributed by atoms with van der Waals surface area (Å²) in [6.45, 7) is 3.83. The highest BCUT2D eigenvalue weighted by Gasteiger charge is 2.21. The average Bonchev–Trinajstić information content (AvgIpc) is 2.85. The van der Waals surface area contributed by atoms with Crippen molar-refractivity contribution in [3.63, 3.8) is 0 Å². The van der Waals surface area contributed by atoms with Crippen LogP contribution in [0.5, 0.6) is 0 Å². The highest BCUT2D eigenvalue weighted by molar-refractivity contribution is 5.76. The molecule has 1 fully saturated rings. The molecular formula is C13H21N5O3. The first-order valence-electron chi connectivity index (χ1n) is 7.11. The van der Waals surface area contributed by atoms with Gasteiger partial charge in [0.1, 0.15) is 12.6 Å². The van der Waals surface area contributed by atoms with Crippen molar-refractivity contribution < 1.29 is 14.7 Å². The van der Waals surface area contributed by atoms with Gasteiger partial charge in [-0.25, -0.2) is 4.68 Å². The van der Waals surface area contributed by atoms with Crippen LogP contribution in [0.3, 0.4) is 0 Å². The summed E-state index contributed by atoms with van der Waals surface area (Å²) in [5.74, 6) is -0.536. The lowest BCUT2D eigenvalue weighted by Gasteiger charge is -2.30. The normalized spacial score (nSPS) is 20.3. The molecule has 0 aromatic carbocycles. The minimum atomic E-state index is -1.08. The fraction of sp³-hybridized carbons (Fsp3) is 0.692. The minimum Gasteiger partial charge on any atom is -0.480 e. The summed E-state index contributed by atoms with van der Waals surface area (Å²) < 4.78 is 1.44. The lowest BCUT2D eigenvalue weighted by molar-refractivity contribution is -0.138. The molecule has 1 amide bonds. The zero-order valence-electron chi connectivity index (χ0n) is 12.1. The van der Waals surface area contributed by atoms with Crippen molar-refractivity contribution >= 4 is 11.9 Å². The Kier molecular flexibility index (Phi) is 4.89. The second-order valence-corrected chi connectivity index (χ2v) is 5.64. The molecule has 1 aromatic rings. The number of carbonyl (C=O) groups is 2. The molecule has 21 heavy (non-hydrogen) atoms. The topological polar surface area (TPSA) is 114 Å². The number of piperidine rings is 1. The molecule has 3 N–H and O–H groups in total. The van der Waals surface area contributed by atoms with Gasteiger partial charge >= 0.3 is 5.97 Å². The molecular weight excluding hydrogens is 274 g/mol. The summed E-state index contributed by atoms with van der Waals surface area (Å²) in [4.78, 5) is 24.7. The maximum Gasteiger partial charge on any atom is 0.320 e. The number of carboxylic acid groups (broad SMARTS) is 1. The Hall–Kier alpha value is -1.96. The van der Waals surface area contributed by atoms with Crippen LogP contribution in [-0.2, 0) is 22.6 Å². The van der Waals surface area contributed by atoms with Crippen LogP contribution in [0.25, 0.3) is 0 Å². The van der Waals surface area contributed by atoms with Crippen LogP contribution in [-0.4, -0.2) is 56.0 Å². The zero-order chi connectivity index (χ0) is 15.4. The fourth-order valence-corrected chi connectivity index (χ4v) is 2.48. The standard InChI is InChI=1S/C13H21N5O3/c1-9-3-2-4-17(6-9)12(19)8-18-7-10(15-16-18)5-11(14)13(20)21/h7,9,11H,2-6,8,14H2,1H3,(H,20,21). The van der Waals surface area contributed by atoms with E-state index in [1.165, 1.54) is 4.68 Å². The summed E-state index contributed by atoms with van der Waals surface area (Å²) in [7, 11) is 0. The first-order chi connectivity index (χ1) is 9.95. The van der Waals surface area contributed by atoms with Crippen molar-refractivity contribution in [2.45, 2.75) is 38.8 Å². The SMILES string of the molecule is CC1CCCN(C(=O)Cn2cc(CC(N)C(=O)O)nn2)C1. The van der Waals surface area contributed by atoms with E-state index in [1.807, 2.05) is 4.90 Å². The predicted octanol–water partition coefficient (Wildman–Crippen LogP) is -0.509. The van der Waals surface area contributed by atoms with Gasteiger partial charge in [-0.2, -0.15) is 0 Å². The van der Waals surface area contributed by atoms with Crippen LogP contribution >= 0.6 is 0 Å². The quantitative estimate of drug-likeness (QED) is 0.756. The third-order valence-corrected chi connectivity index (χ3v) is 3.64. The molecule has 0 bridgehead atoms. The van der Waals surface area contributed by atoms with E-state index >= 15 is 0 Å². The van der Waals surface area contributed by atoms with Gasteiger partial charge in [-0.15, -0.1) is 5.10 Å². The predicted molar refractivity (Wildman–Crippen MR) is 74.3 cm³/mol. The first-order valence-corrected chi connectivity index (χ1v) is 7.11. The maximum atomic E-state index is 12.2. The van der Waals surface area contributed by atoms with Gasteiger partial charge in [-0.05, 0) is 18.8 Å². The van der Waals surface area contributed by atoms with Gasteiger partial charge in [-0.3, -0.25) is 9.59 Å². The number of aromatic nitrogens is 3. The summed E-state index contributed by atoms with van der Waals surface area (Å²) in [5, 5.41) is 16.5. The number of nitrogens with two attached hydrogens (primary N) is 1.